The molecule has 0 bridgehead atoms. The molecule has 2 N–H and O–H groups in total. The average Bonchev–Trinajstić information content (AvgIpc) is 2.32. The monoisotopic (exact) mass is 286 g/mol. The Balaban J connectivity index is 2.28. The number of rotatable bonds is 7. The van der Waals surface area contributed by atoms with Crippen molar-refractivity contribution in [3.05, 3.63) is 28.8 Å². The number of amides is 1. The van der Waals surface area contributed by atoms with E-state index in [0.717, 1.165) is 6.54 Å². The lowest BCUT2D eigenvalue weighted by atomic mass is 10.2. The SMILES string of the molecule is CN(C)CCOCCNC(=O)c1ccc(Cl)cc1O. The van der Waals surface area contributed by atoms with Gasteiger partial charge in [0, 0.05) is 18.1 Å². The Labute approximate surface area is 118 Å². The standard InChI is InChI=1S/C13H19ClN2O3/c1-16(2)6-8-19-7-5-15-13(18)11-4-3-10(14)9-12(11)17/h3-4,9,17H,5-8H2,1-2H3,(H,15,18). The van der Waals surface area contributed by atoms with Crippen LogP contribution in [0.5, 0.6) is 5.75 Å². The molecule has 0 aromatic heterocycles. The van der Waals surface area contributed by atoms with Crippen LogP contribution in [0.3, 0.4) is 0 Å². The van der Waals surface area contributed by atoms with E-state index in [-0.39, 0.29) is 17.2 Å². The van der Waals surface area contributed by atoms with Crippen LogP contribution >= 0.6 is 11.6 Å². The summed E-state index contributed by atoms with van der Waals surface area (Å²) in [4.78, 5) is 13.8. The normalized spacial score (nSPS) is 10.7. The van der Waals surface area contributed by atoms with Gasteiger partial charge in [-0.3, -0.25) is 4.79 Å². The molecule has 6 heteroatoms. The first-order valence-electron chi connectivity index (χ1n) is 6.00. The van der Waals surface area contributed by atoms with Crippen molar-refractivity contribution in [2.24, 2.45) is 0 Å². The first-order valence-corrected chi connectivity index (χ1v) is 6.37. The fourth-order valence-electron chi connectivity index (χ4n) is 1.38. The molecule has 1 aromatic rings. The highest BCUT2D eigenvalue weighted by Crippen LogP contribution is 2.21. The summed E-state index contributed by atoms with van der Waals surface area (Å²) >= 11 is 5.69. The molecule has 0 fully saturated rings. The summed E-state index contributed by atoms with van der Waals surface area (Å²) in [6, 6.07) is 4.38. The van der Waals surface area contributed by atoms with Crippen LogP contribution < -0.4 is 5.32 Å². The van der Waals surface area contributed by atoms with Gasteiger partial charge in [-0.2, -0.15) is 0 Å². The topological polar surface area (TPSA) is 61.8 Å². The number of halogens is 1. The van der Waals surface area contributed by atoms with Gasteiger partial charge in [0.15, 0.2) is 0 Å². The van der Waals surface area contributed by atoms with Crippen molar-refractivity contribution < 1.29 is 14.6 Å². The highest BCUT2D eigenvalue weighted by molar-refractivity contribution is 6.30. The number of nitrogens with one attached hydrogen (secondary N) is 1. The Bertz CT molecular complexity index is 424. The summed E-state index contributed by atoms with van der Waals surface area (Å²) < 4.78 is 5.34. The number of benzene rings is 1. The summed E-state index contributed by atoms with van der Waals surface area (Å²) in [6.07, 6.45) is 0. The van der Waals surface area contributed by atoms with Gasteiger partial charge >= 0.3 is 0 Å². The Morgan fingerprint density at radius 2 is 2.16 bits per heavy atom. The first-order chi connectivity index (χ1) is 9.00. The maximum absolute atomic E-state index is 11.7. The van der Waals surface area contributed by atoms with E-state index < -0.39 is 0 Å². The number of ether oxygens (including phenoxy) is 1. The van der Waals surface area contributed by atoms with Crippen LogP contribution in [0.2, 0.25) is 5.02 Å². The molecule has 0 unspecified atom stereocenters. The molecule has 1 aromatic carbocycles. The molecule has 19 heavy (non-hydrogen) atoms. The van der Waals surface area contributed by atoms with Gasteiger partial charge in [0.1, 0.15) is 5.75 Å². The molecule has 0 saturated carbocycles. The van der Waals surface area contributed by atoms with Gasteiger partial charge in [-0.1, -0.05) is 11.6 Å². The molecule has 0 radical (unpaired) electrons. The lowest BCUT2D eigenvalue weighted by Crippen LogP contribution is -2.28. The van der Waals surface area contributed by atoms with Crippen molar-refractivity contribution >= 4 is 17.5 Å². The zero-order valence-electron chi connectivity index (χ0n) is 11.1. The number of hydrogen-bond donors (Lipinski definition) is 2. The van der Waals surface area contributed by atoms with Gasteiger partial charge in [-0.25, -0.2) is 0 Å². The van der Waals surface area contributed by atoms with Crippen molar-refractivity contribution in [2.75, 3.05) is 40.4 Å². The summed E-state index contributed by atoms with van der Waals surface area (Å²) in [5.74, 6) is -0.469. The number of carbonyl (C=O) groups is 1. The first kappa shape index (κ1) is 15.8. The third-order valence-electron chi connectivity index (χ3n) is 2.42. The van der Waals surface area contributed by atoms with E-state index >= 15 is 0 Å². The lowest BCUT2D eigenvalue weighted by Gasteiger charge is -2.10. The van der Waals surface area contributed by atoms with Gasteiger partial charge < -0.3 is 20.1 Å². The molecule has 0 aliphatic rings. The lowest BCUT2D eigenvalue weighted by molar-refractivity contribution is 0.0898. The summed E-state index contributed by atoms with van der Waals surface area (Å²) in [6.45, 7) is 2.29. The van der Waals surface area contributed by atoms with Crippen molar-refractivity contribution in [3.63, 3.8) is 0 Å². The number of phenols is 1. The highest BCUT2D eigenvalue weighted by Gasteiger charge is 2.10. The number of phenolic OH excluding ortho intramolecular Hbond substituents is 1. The van der Waals surface area contributed by atoms with Crippen LogP contribution in [0, 0.1) is 0 Å². The molecule has 0 saturated heterocycles. The zero-order valence-corrected chi connectivity index (χ0v) is 11.9. The smallest absolute Gasteiger partial charge is 0.255 e. The molecule has 1 rings (SSSR count). The molecule has 106 valence electrons. The molecule has 1 amide bonds. The fourth-order valence-corrected chi connectivity index (χ4v) is 1.54. The van der Waals surface area contributed by atoms with E-state index in [0.29, 0.717) is 24.8 Å². The highest BCUT2D eigenvalue weighted by atomic mass is 35.5. The van der Waals surface area contributed by atoms with Crippen LogP contribution in [0.1, 0.15) is 10.4 Å². The molecule has 0 atom stereocenters. The van der Waals surface area contributed by atoms with Crippen molar-refractivity contribution in [3.8, 4) is 5.75 Å². The molecule has 0 heterocycles. The molecule has 0 aliphatic heterocycles. The van der Waals surface area contributed by atoms with E-state index in [1.807, 2.05) is 19.0 Å². The molecular formula is C13H19ClN2O3. The number of likely N-dealkylation sites (N-methyl/N-ethyl adjacent to an activating group) is 1. The van der Waals surface area contributed by atoms with Crippen LogP contribution in [0.25, 0.3) is 0 Å². The minimum atomic E-state index is -0.342. The predicted octanol–water partition coefficient (Wildman–Crippen LogP) is 1.35. The third-order valence-corrected chi connectivity index (χ3v) is 2.65. The zero-order chi connectivity index (χ0) is 14.3. The summed E-state index contributed by atoms with van der Waals surface area (Å²) in [5.41, 5.74) is 0.206. The van der Waals surface area contributed by atoms with Gasteiger partial charge in [0.2, 0.25) is 0 Å². The van der Waals surface area contributed by atoms with Gasteiger partial charge in [-0.05, 0) is 32.3 Å². The second-order valence-corrected chi connectivity index (χ2v) is 4.77. The Kier molecular flexibility index (Phi) is 6.62. The molecule has 5 nitrogen and oxygen atoms in total. The average molecular weight is 287 g/mol. The number of nitrogens with zero attached hydrogens (tertiary/aromatic N) is 1. The Hall–Kier alpha value is -1.30. The molecule has 0 aliphatic carbocycles. The van der Waals surface area contributed by atoms with E-state index in [4.69, 9.17) is 16.3 Å². The van der Waals surface area contributed by atoms with Crippen molar-refractivity contribution in [1.29, 1.82) is 0 Å². The summed E-state index contributed by atoms with van der Waals surface area (Å²) in [5, 5.41) is 12.6. The second-order valence-electron chi connectivity index (χ2n) is 4.33. The maximum Gasteiger partial charge on any atom is 0.255 e. The van der Waals surface area contributed by atoms with Crippen molar-refractivity contribution in [2.45, 2.75) is 0 Å². The number of aromatic hydroxyl groups is 1. The van der Waals surface area contributed by atoms with E-state index in [2.05, 4.69) is 5.32 Å². The van der Waals surface area contributed by atoms with Crippen LogP contribution in [-0.2, 0) is 4.74 Å². The van der Waals surface area contributed by atoms with E-state index in [1.54, 1.807) is 6.07 Å². The molecular weight excluding hydrogens is 268 g/mol. The van der Waals surface area contributed by atoms with E-state index in [9.17, 15) is 9.90 Å². The van der Waals surface area contributed by atoms with Gasteiger partial charge in [0.25, 0.3) is 5.91 Å². The second kappa shape index (κ2) is 7.99. The van der Waals surface area contributed by atoms with Gasteiger partial charge in [0.05, 0.1) is 18.8 Å². The third kappa shape index (κ3) is 5.92. The Morgan fingerprint density at radius 3 is 2.79 bits per heavy atom. The minimum absolute atomic E-state index is 0.126. The minimum Gasteiger partial charge on any atom is -0.507 e. The van der Waals surface area contributed by atoms with Crippen molar-refractivity contribution in [1.82, 2.24) is 10.2 Å². The van der Waals surface area contributed by atoms with E-state index in [1.165, 1.54) is 12.1 Å². The van der Waals surface area contributed by atoms with Crippen LogP contribution in [-0.4, -0.2) is 56.3 Å². The maximum atomic E-state index is 11.7. The Morgan fingerprint density at radius 1 is 1.42 bits per heavy atom. The van der Waals surface area contributed by atoms with Crippen LogP contribution in [0.4, 0.5) is 0 Å². The summed E-state index contributed by atoms with van der Waals surface area (Å²) in [7, 11) is 3.93. The van der Waals surface area contributed by atoms with Gasteiger partial charge in [-0.15, -0.1) is 0 Å². The quantitative estimate of drug-likeness (QED) is 0.743. The number of hydrogen-bond acceptors (Lipinski definition) is 4. The predicted molar refractivity (Wildman–Crippen MR) is 74.8 cm³/mol. The largest absolute Gasteiger partial charge is 0.507 e. The number of carbonyl (C=O) groups excluding carboxylic acids is 1. The molecule has 0 spiro atoms. The fraction of sp³-hybridized carbons (Fsp3) is 0.462. The van der Waals surface area contributed by atoms with Crippen LogP contribution in [0.15, 0.2) is 18.2 Å².